The van der Waals surface area contributed by atoms with Crippen molar-refractivity contribution in [3.63, 3.8) is 0 Å². The van der Waals surface area contributed by atoms with Crippen molar-refractivity contribution >= 4 is 43.7 Å². The van der Waals surface area contributed by atoms with E-state index >= 15 is 0 Å². The molecular formula is C47H30N2O. The molecular weight excluding hydrogens is 609 g/mol. The SMILES string of the molecule is c1ccc(-c2cc(-c3ccccc3)nc(-c3cccc4c3oc3cccc(-c5ccc6c7ccccc7n(-c7ccccc7)c6c5)c34)c2)cc1. The zero-order valence-electron chi connectivity index (χ0n) is 27.1. The number of pyridine rings is 1. The number of nitrogens with zero attached hydrogens (tertiary/aromatic N) is 2. The number of benzene rings is 7. The molecule has 3 heteroatoms. The highest BCUT2D eigenvalue weighted by molar-refractivity contribution is 6.16. The van der Waals surface area contributed by atoms with Crippen LogP contribution in [0.25, 0.3) is 94.2 Å². The smallest absolute Gasteiger partial charge is 0.144 e. The van der Waals surface area contributed by atoms with Crippen LogP contribution in [0.3, 0.4) is 0 Å². The number of hydrogen-bond acceptors (Lipinski definition) is 2. The topological polar surface area (TPSA) is 31.0 Å². The second-order valence-electron chi connectivity index (χ2n) is 12.7. The van der Waals surface area contributed by atoms with Crippen LogP contribution >= 0.6 is 0 Å². The average molecular weight is 639 g/mol. The molecule has 7 aromatic carbocycles. The van der Waals surface area contributed by atoms with Gasteiger partial charge in [0.2, 0.25) is 0 Å². The number of aromatic nitrogens is 2. The Bertz CT molecular complexity index is 2790. The first kappa shape index (κ1) is 28.3. The van der Waals surface area contributed by atoms with Gasteiger partial charge in [0.05, 0.1) is 22.4 Å². The molecule has 234 valence electrons. The molecule has 0 saturated heterocycles. The lowest BCUT2D eigenvalue weighted by molar-refractivity contribution is 0.670. The largest absolute Gasteiger partial charge is 0.455 e. The Balaban J connectivity index is 1.19. The lowest BCUT2D eigenvalue weighted by atomic mass is 9.96. The fourth-order valence-electron chi connectivity index (χ4n) is 7.51. The number of furan rings is 1. The molecule has 0 spiro atoms. The van der Waals surface area contributed by atoms with Crippen molar-refractivity contribution in [1.29, 1.82) is 0 Å². The average Bonchev–Trinajstić information content (AvgIpc) is 3.74. The first-order valence-corrected chi connectivity index (χ1v) is 17.0. The molecule has 0 atom stereocenters. The van der Waals surface area contributed by atoms with Gasteiger partial charge in [-0.1, -0.05) is 133 Å². The van der Waals surface area contributed by atoms with Crippen LogP contribution in [0.4, 0.5) is 0 Å². The van der Waals surface area contributed by atoms with E-state index < -0.39 is 0 Å². The quantitative estimate of drug-likeness (QED) is 0.188. The third-order valence-electron chi connectivity index (χ3n) is 9.80. The van der Waals surface area contributed by atoms with Crippen LogP contribution in [-0.4, -0.2) is 9.55 Å². The molecule has 0 N–H and O–H groups in total. The van der Waals surface area contributed by atoms with E-state index in [-0.39, 0.29) is 0 Å². The van der Waals surface area contributed by atoms with Gasteiger partial charge in [0.25, 0.3) is 0 Å². The molecule has 10 rings (SSSR count). The van der Waals surface area contributed by atoms with E-state index in [9.17, 15) is 0 Å². The molecule has 0 aliphatic rings. The van der Waals surface area contributed by atoms with E-state index in [0.29, 0.717) is 0 Å². The minimum absolute atomic E-state index is 0.839. The van der Waals surface area contributed by atoms with Gasteiger partial charge in [-0.05, 0) is 70.8 Å². The standard InChI is InChI=1S/C47H30N2O/c1-4-14-31(15-5-1)34-28-41(32-16-6-2-7-17-32)48-42(29-34)39-22-12-23-40-46-36(21-13-25-45(46)50-47(39)40)33-26-27-38-37-20-10-11-24-43(37)49(44(38)30-33)35-18-8-3-9-19-35/h1-30H. The van der Waals surface area contributed by atoms with E-state index in [1.54, 1.807) is 0 Å². The van der Waals surface area contributed by atoms with Gasteiger partial charge in [-0.3, -0.25) is 0 Å². The van der Waals surface area contributed by atoms with E-state index in [1.807, 2.05) is 6.07 Å². The summed E-state index contributed by atoms with van der Waals surface area (Å²) in [4.78, 5) is 5.23. The van der Waals surface area contributed by atoms with Crippen LogP contribution in [0.15, 0.2) is 186 Å². The van der Waals surface area contributed by atoms with Crippen molar-refractivity contribution in [3.05, 3.63) is 182 Å². The lowest BCUT2D eigenvalue weighted by Crippen LogP contribution is -1.93. The summed E-state index contributed by atoms with van der Waals surface area (Å²) >= 11 is 0. The fraction of sp³-hybridized carbons (Fsp3) is 0. The van der Waals surface area contributed by atoms with E-state index in [0.717, 1.165) is 72.4 Å². The molecule has 0 saturated carbocycles. The number of hydrogen-bond donors (Lipinski definition) is 0. The summed E-state index contributed by atoms with van der Waals surface area (Å²) in [5.41, 5.74) is 13.6. The van der Waals surface area contributed by atoms with Gasteiger partial charge in [0, 0.05) is 38.4 Å². The van der Waals surface area contributed by atoms with E-state index in [4.69, 9.17) is 9.40 Å². The Morgan fingerprint density at radius 2 is 1.04 bits per heavy atom. The third kappa shape index (κ3) is 4.56. The second kappa shape index (κ2) is 11.5. The lowest BCUT2D eigenvalue weighted by Gasteiger charge is -2.11. The monoisotopic (exact) mass is 638 g/mol. The van der Waals surface area contributed by atoms with Gasteiger partial charge in [-0.15, -0.1) is 0 Å². The predicted molar refractivity (Wildman–Crippen MR) is 208 cm³/mol. The molecule has 0 aliphatic carbocycles. The summed E-state index contributed by atoms with van der Waals surface area (Å²) in [6, 6.07) is 64.2. The van der Waals surface area contributed by atoms with Crippen LogP contribution in [0.2, 0.25) is 0 Å². The van der Waals surface area contributed by atoms with Crippen molar-refractivity contribution in [2.45, 2.75) is 0 Å². The molecule has 0 aliphatic heterocycles. The van der Waals surface area contributed by atoms with Gasteiger partial charge in [0.15, 0.2) is 0 Å². The Hall–Kier alpha value is -6.71. The Labute approximate surface area is 289 Å². The second-order valence-corrected chi connectivity index (χ2v) is 12.7. The molecule has 3 heterocycles. The maximum atomic E-state index is 6.77. The first-order valence-electron chi connectivity index (χ1n) is 17.0. The van der Waals surface area contributed by atoms with Gasteiger partial charge in [-0.2, -0.15) is 0 Å². The third-order valence-corrected chi connectivity index (χ3v) is 9.80. The van der Waals surface area contributed by atoms with Crippen LogP contribution < -0.4 is 0 Å². The normalized spacial score (nSPS) is 11.6. The van der Waals surface area contributed by atoms with Crippen LogP contribution in [-0.2, 0) is 0 Å². The molecule has 0 unspecified atom stereocenters. The molecule has 3 aromatic heterocycles. The number of para-hydroxylation sites is 3. The van der Waals surface area contributed by atoms with Gasteiger partial charge in [-0.25, -0.2) is 4.98 Å². The van der Waals surface area contributed by atoms with E-state index in [2.05, 4.69) is 180 Å². The number of fused-ring (bicyclic) bond motifs is 6. The van der Waals surface area contributed by atoms with Gasteiger partial charge >= 0.3 is 0 Å². The van der Waals surface area contributed by atoms with Crippen molar-refractivity contribution in [2.75, 3.05) is 0 Å². The fourth-order valence-corrected chi connectivity index (χ4v) is 7.51. The van der Waals surface area contributed by atoms with Gasteiger partial charge in [0.1, 0.15) is 11.2 Å². The maximum absolute atomic E-state index is 6.77. The number of rotatable bonds is 5. The summed E-state index contributed by atoms with van der Waals surface area (Å²) in [5.74, 6) is 0. The van der Waals surface area contributed by atoms with Crippen molar-refractivity contribution in [3.8, 4) is 50.5 Å². The molecule has 10 aromatic rings. The maximum Gasteiger partial charge on any atom is 0.144 e. The van der Waals surface area contributed by atoms with Crippen LogP contribution in [0, 0.1) is 0 Å². The first-order chi connectivity index (χ1) is 24.8. The Morgan fingerprint density at radius 3 is 1.86 bits per heavy atom. The Kier molecular flexibility index (Phi) is 6.49. The van der Waals surface area contributed by atoms with Crippen molar-refractivity contribution in [2.24, 2.45) is 0 Å². The molecule has 0 bridgehead atoms. The van der Waals surface area contributed by atoms with Crippen molar-refractivity contribution < 1.29 is 4.42 Å². The minimum Gasteiger partial charge on any atom is -0.455 e. The highest BCUT2D eigenvalue weighted by atomic mass is 16.3. The zero-order chi connectivity index (χ0) is 33.0. The molecule has 0 amide bonds. The summed E-state index contributed by atoms with van der Waals surface area (Å²) in [6.07, 6.45) is 0. The summed E-state index contributed by atoms with van der Waals surface area (Å²) in [7, 11) is 0. The van der Waals surface area contributed by atoms with Crippen LogP contribution in [0.5, 0.6) is 0 Å². The Morgan fingerprint density at radius 1 is 0.400 bits per heavy atom. The van der Waals surface area contributed by atoms with Gasteiger partial charge < -0.3 is 8.98 Å². The van der Waals surface area contributed by atoms with Crippen molar-refractivity contribution in [1.82, 2.24) is 9.55 Å². The summed E-state index contributed by atoms with van der Waals surface area (Å²) < 4.78 is 9.15. The highest BCUT2D eigenvalue weighted by Crippen LogP contribution is 2.42. The predicted octanol–water partition coefficient (Wildman–Crippen LogP) is 12.7. The molecule has 50 heavy (non-hydrogen) atoms. The zero-order valence-corrected chi connectivity index (χ0v) is 27.1. The minimum atomic E-state index is 0.839. The van der Waals surface area contributed by atoms with Crippen LogP contribution in [0.1, 0.15) is 0 Å². The van der Waals surface area contributed by atoms with E-state index in [1.165, 1.54) is 21.8 Å². The summed E-state index contributed by atoms with van der Waals surface area (Å²) in [5, 5.41) is 4.66. The molecule has 0 radical (unpaired) electrons. The molecule has 0 fully saturated rings. The molecule has 3 nitrogen and oxygen atoms in total. The summed E-state index contributed by atoms with van der Waals surface area (Å²) in [6.45, 7) is 0. The highest BCUT2D eigenvalue weighted by Gasteiger charge is 2.19.